The molecule has 0 bridgehead atoms. The summed E-state index contributed by atoms with van der Waals surface area (Å²) < 4.78 is 0. The van der Waals surface area contributed by atoms with Crippen LogP contribution in [0.2, 0.25) is 10.0 Å². The molecule has 0 saturated heterocycles. The molecule has 0 atom stereocenters. The van der Waals surface area contributed by atoms with Gasteiger partial charge in [-0.15, -0.1) is 0 Å². The van der Waals surface area contributed by atoms with E-state index in [-0.39, 0.29) is 5.91 Å². The van der Waals surface area contributed by atoms with Crippen LogP contribution in [0.5, 0.6) is 0 Å². The van der Waals surface area contributed by atoms with Crippen LogP contribution in [0.25, 0.3) is 0 Å². The fourth-order valence-corrected chi connectivity index (χ4v) is 3.54. The van der Waals surface area contributed by atoms with Crippen molar-refractivity contribution in [1.82, 2.24) is 9.97 Å². The monoisotopic (exact) mass is 335 g/mol. The van der Waals surface area contributed by atoms with Gasteiger partial charge in [0.2, 0.25) is 5.91 Å². The number of nitrogens with one attached hydrogen (secondary N) is 1. The van der Waals surface area contributed by atoms with Gasteiger partial charge < -0.3 is 5.32 Å². The Bertz CT molecular complexity index is 692. The van der Waals surface area contributed by atoms with Gasteiger partial charge in [-0.1, -0.05) is 35.7 Å². The van der Waals surface area contributed by atoms with Gasteiger partial charge in [0.05, 0.1) is 23.5 Å². The van der Waals surface area contributed by atoms with E-state index in [9.17, 15) is 4.79 Å². The molecule has 0 aliphatic heterocycles. The first kappa shape index (κ1) is 15.3. The summed E-state index contributed by atoms with van der Waals surface area (Å²) in [7, 11) is 0. The quantitative estimate of drug-likeness (QED) is 0.916. The first-order valence-corrected chi connectivity index (χ1v) is 7.83. The molecule has 3 rings (SSSR count). The highest BCUT2D eigenvalue weighted by atomic mass is 35.5. The maximum atomic E-state index is 12.8. The number of hydrogen-bond acceptors (Lipinski definition) is 3. The molecule has 1 amide bonds. The summed E-state index contributed by atoms with van der Waals surface area (Å²) in [5.74, 6) is 0.548. The Hall–Kier alpha value is -1.65. The van der Waals surface area contributed by atoms with Crippen molar-refractivity contribution in [3.05, 3.63) is 52.0 Å². The second kappa shape index (κ2) is 5.86. The third-order valence-electron chi connectivity index (χ3n) is 4.12. The van der Waals surface area contributed by atoms with Gasteiger partial charge >= 0.3 is 0 Å². The Kier molecular flexibility index (Phi) is 4.06. The normalized spacial score (nSPS) is 16.0. The number of carbonyl (C=O) groups excluding carboxylic acids is 1. The predicted molar refractivity (Wildman–Crippen MR) is 87.4 cm³/mol. The second-order valence-electron chi connectivity index (χ2n) is 5.51. The van der Waals surface area contributed by atoms with Gasteiger partial charge in [0.15, 0.2) is 0 Å². The molecule has 1 saturated carbocycles. The van der Waals surface area contributed by atoms with Crippen molar-refractivity contribution in [3.8, 4) is 0 Å². The Morgan fingerprint density at radius 2 is 1.77 bits per heavy atom. The van der Waals surface area contributed by atoms with Crippen molar-refractivity contribution in [1.29, 1.82) is 0 Å². The number of nitrogens with zero attached hydrogens (tertiary/aromatic N) is 2. The van der Waals surface area contributed by atoms with Crippen molar-refractivity contribution in [2.24, 2.45) is 0 Å². The van der Waals surface area contributed by atoms with E-state index in [2.05, 4.69) is 15.3 Å². The molecular formula is C16H15Cl2N3O. The number of hydrogen-bond donors (Lipinski definition) is 1. The van der Waals surface area contributed by atoms with E-state index in [0.717, 1.165) is 24.8 Å². The van der Waals surface area contributed by atoms with Gasteiger partial charge in [-0.2, -0.15) is 0 Å². The number of rotatable bonds is 3. The zero-order chi connectivity index (χ0) is 15.7. The van der Waals surface area contributed by atoms with Crippen LogP contribution in [0.4, 0.5) is 5.69 Å². The number of aryl methyl sites for hydroxylation is 1. The average Bonchev–Trinajstić information content (AvgIpc) is 2.43. The zero-order valence-corrected chi connectivity index (χ0v) is 13.6. The summed E-state index contributed by atoms with van der Waals surface area (Å²) in [5, 5.41) is 3.94. The lowest BCUT2D eigenvalue weighted by atomic mass is 9.63. The average molecular weight is 336 g/mol. The van der Waals surface area contributed by atoms with E-state index in [1.54, 1.807) is 37.5 Å². The maximum Gasteiger partial charge on any atom is 0.235 e. The van der Waals surface area contributed by atoms with Gasteiger partial charge in [0.1, 0.15) is 5.82 Å². The van der Waals surface area contributed by atoms with E-state index in [1.165, 1.54) is 0 Å². The summed E-state index contributed by atoms with van der Waals surface area (Å²) >= 11 is 12.6. The van der Waals surface area contributed by atoms with Gasteiger partial charge in [-0.05, 0) is 31.9 Å². The Labute approximate surface area is 138 Å². The lowest BCUT2D eigenvalue weighted by Gasteiger charge is -2.41. The molecule has 1 aromatic heterocycles. The Balaban J connectivity index is 1.93. The highest BCUT2D eigenvalue weighted by molar-refractivity contribution is 6.36. The van der Waals surface area contributed by atoms with Gasteiger partial charge in [-0.3, -0.25) is 4.79 Å². The third kappa shape index (κ3) is 2.57. The van der Waals surface area contributed by atoms with Crippen molar-refractivity contribution >= 4 is 34.8 Å². The molecule has 0 spiro atoms. The Morgan fingerprint density at radius 1 is 1.18 bits per heavy atom. The zero-order valence-electron chi connectivity index (χ0n) is 12.1. The van der Waals surface area contributed by atoms with Crippen LogP contribution >= 0.6 is 23.2 Å². The van der Waals surface area contributed by atoms with Crippen LogP contribution in [-0.4, -0.2) is 15.9 Å². The molecule has 114 valence electrons. The smallest absolute Gasteiger partial charge is 0.235 e. The minimum atomic E-state index is -0.666. The van der Waals surface area contributed by atoms with Crippen LogP contribution in [0.1, 0.15) is 30.7 Å². The number of carbonyl (C=O) groups is 1. The van der Waals surface area contributed by atoms with Crippen molar-refractivity contribution in [3.63, 3.8) is 0 Å². The first-order chi connectivity index (χ1) is 10.5. The van der Waals surface area contributed by atoms with Gasteiger partial charge in [-0.25, -0.2) is 9.97 Å². The SMILES string of the molecule is Cc1ncc(NC(=O)C2(c3c(Cl)cccc3Cl)CCC2)cn1. The number of halogens is 2. The van der Waals surface area contributed by atoms with E-state index in [4.69, 9.17) is 23.2 Å². The Morgan fingerprint density at radius 3 is 2.27 bits per heavy atom. The number of aromatic nitrogens is 2. The summed E-state index contributed by atoms with van der Waals surface area (Å²) in [6.07, 6.45) is 5.63. The molecule has 1 aliphatic rings. The van der Waals surface area contributed by atoms with Crippen LogP contribution < -0.4 is 5.32 Å². The summed E-state index contributed by atoms with van der Waals surface area (Å²) in [5.41, 5.74) is 0.625. The molecule has 0 radical (unpaired) electrons. The molecule has 1 fully saturated rings. The molecule has 4 nitrogen and oxygen atoms in total. The van der Waals surface area contributed by atoms with Crippen molar-refractivity contribution in [2.75, 3.05) is 5.32 Å². The number of anilines is 1. The topological polar surface area (TPSA) is 54.9 Å². The van der Waals surface area contributed by atoms with Crippen LogP contribution in [0.15, 0.2) is 30.6 Å². The van der Waals surface area contributed by atoms with E-state index < -0.39 is 5.41 Å². The number of benzene rings is 1. The lowest BCUT2D eigenvalue weighted by molar-refractivity contribution is -0.124. The molecule has 22 heavy (non-hydrogen) atoms. The fourth-order valence-electron chi connectivity index (χ4n) is 2.78. The molecule has 1 aromatic carbocycles. The molecule has 1 N–H and O–H groups in total. The first-order valence-electron chi connectivity index (χ1n) is 7.07. The molecule has 2 aromatic rings. The third-order valence-corrected chi connectivity index (χ3v) is 4.75. The van der Waals surface area contributed by atoms with Gasteiger partial charge in [0.25, 0.3) is 0 Å². The van der Waals surface area contributed by atoms with Gasteiger partial charge in [0, 0.05) is 15.6 Å². The fraction of sp³-hybridized carbons (Fsp3) is 0.312. The van der Waals surface area contributed by atoms with Crippen LogP contribution in [0, 0.1) is 6.92 Å². The van der Waals surface area contributed by atoms with E-state index in [0.29, 0.717) is 21.6 Å². The lowest BCUT2D eigenvalue weighted by Crippen LogP contribution is -2.46. The summed E-state index contributed by atoms with van der Waals surface area (Å²) in [4.78, 5) is 21.0. The highest BCUT2D eigenvalue weighted by Gasteiger charge is 2.48. The van der Waals surface area contributed by atoms with E-state index >= 15 is 0 Å². The standard InChI is InChI=1S/C16H15Cl2N3O/c1-10-19-8-11(9-20-10)21-15(22)16(6-3-7-16)14-12(17)4-2-5-13(14)18/h2,4-5,8-9H,3,6-7H2,1H3,(H,21,22). The number of amides is 1. The van der Waals surface area contributed by atoms with Crippen molar-refractivity contribution in [2.45, 2.75) is 31.6 Å². The van der Waals surface area contributed by atoms with E-state index in [1.807, 2.05) is 0 Å². The minimum Gasteiger partial charge on any atom is -0.323 e. The van der Waals surface area contributed by atoms with Crippen LogP contribution in [0.3, 0.4) is 0 Å². The largest absolute Gasteiger partial charge is 0.323 e. The summed E-state index contributed by atoms with van der Waals surface area (Å²) in [6, 6.07) is 5.32. The minimum absolute atomic E-state index is 0.110. The second-order valence-corrected chi connectivity index (χ2v) is 6.32. The maximum absolute atomic E-state index is 12.8. The predicted octanol–water partition coefficient (Wildman–Crippen LogP) is 4.15. The van der Waals surface area contributed by atoms with Crippen LogP contribution in [-0.2, 0) is 10.2 Å². The summed E-state index contributed by atoms with van der Waals surface area (Å²) in [6.45, 7) is 1.79. The molecule has 6 heteroatoms. The van der Waals surface area contributed by atoms with Crippen molar-refractivity contribution < 1.29 is 4.79 Å². The molecule has 1 aliphatic carbocycles. The molecule has 1 heterocycles. The molecular weight excluding hydrogens is 321 g/mol. The molecule has 0 unspecified atom stereocenters. The highest BCUT2D eigenvalue weighted by Crippen LogP contribution is 2.49.